The Morgan fingerprint density at radius 2 is 1.82 bits per heavy atom. The third kappa shape index (κ3) is 3.87. The second kappa shape index (κ2) is 4.84. The molecule has 0 saturated carbocycles. The minimum absolute atomic E-state index is 0.0709. The van der Waals surface area contributed by atoms with Crippen LogP contribution in [0.4, 0.5) is 4.79 Å². The van der Waals surface area contributed by atoms with Crippen LogP contribution in [-0.4, -0.2) is 40.9 Å². The van der Waals surface area contributed by atoms with Crippen molar-refractivity contribution < 1.29 is 14.6 Å². The van der Waals surface area contributed by atoms with E-state index in [0.29, 0.717) is 13.1 Å². The van der Waals surface area contributed by atoms with E-state index >= 15 is 0 Å². The van der Waals surface area contributed by atoms with Gasteiger partial charge in [-0.05, 0) is 46.0 Å². The molecule has 1 aliphatic heterocycles. The van der Waals surface area contributed by atoms with Crippen molar-refractivity contribution in [2.24, 2.45) is 5.41 Å². The standard InChI is InChI=1S/C13H25NO3/c1-10(15)13(5)6-8-14(9-7-13)11(16)17-12(2,3)4/h10,15H,6-9H2,1-5H3. The highest BCUT2D eigenvalue weighted by Gasteiger charge is 2.36. The van der Waals surface area contributed by atoms with E-state index in [4.69, 9.17) is 4.74 Å². The Bertz CT molecular complexity index is 273. The van der Waals surface area contributed by atoms with Crippen LogP contribution in [0.5, 0.6) is 0 Å². The van der Waals surface area contributed by atoms with Gasteiger partial charge in [-0.15, -0.1) is 0 Å². The van der Waals surface area contributed by atoms with Crippen molar-refractivity contribution >= 4 is 6.09 Å². The molecule has 1 fully saturated rings. The Kier molecular flexibility index (Phi) is 4.07. The predicted molar refractivity (Wildman–Crippen MR) is 66.8 cm³/mol. The first kappa shape index (κ1) is 14.3. The van der Waals surface area contributed by atoms with Gasteiger partial charge in [0.15, 0.2) is 0 Å². The number of aliphatic hydroxyl groups is 1. The summed E-state index contributed by atoms with van der Waals surface area (Å²) in [4.78, 5) is 13.6. The van der Waals surface area contributed by atoms with Crippen LogP contribution in [0.2, 0.25) is 0 Å². The fourth-order valence-electron chi connectivity index (χ4n) is 1.94. The third-order valence-corrected chi connectivity index (χ3v) is 3.57. The molecule has 1 amide bonds. The Balaban J connectivity index is 2.50. The zero-order chi connectivity index (χ0) is 13.3. The van der Waals surface area contributed by atoms with Crippen molar-refractivity contribution in [2.75, 3.05) is 13.1 Å². The van der Waals surface area contributed by atoms with Gasteiger partial charge >= 0.3 is 6.09 Å². The maximum Gasteiger partial charge on any atom is 0.410 e. The quantitative estimate of drug-likeness (QED) is 0.769. The number of carbonyl (C=O) groups excluding carboxylic acids is 1. The average molecular weight is 243 g/mol. The van der Waals surface area contributed by atoms with Crippen LogP contribution in [0, 0.1) is 5.41 Å². The van der Waals surface area contributed by atoms with E-state index in [-0.39, 0.29) is 17.6 Å². The molecule has 0 spiro atoms. The van der Waals surface area contributed by atoms with Crippen LogP contribution in [0.15, 0.2) is 0 Å². The maximum atomic E-state index is 11.8. The molecular weight excluding hydrogens is 218 g/mol. The molecule has 0 aromatic rings. The van der Waals surface area contributed by atoms with E-state index in [1.807, 2.05) is 27.7 Å². The summed E-state index contributed by atoms with van der Waals surface area (Å²) in [5.74, 6) is 0. The van der Waals surface area contributed by atoms with E-state index in [2.05, 4.69) is 6.92 Å². The number of ether oxygens (including phenoxy) is 1. The second-order valence-corrected chi connectivity index (χ2v) is 6.30. The number of hydrogen-bond donors (Lipinski definition) is 1. The van der Waals surface area contributed by atoms with E-state index in [9.17, 15) is 9.90 Å². The molecule has 1 saturated heterocycles. The number of likely N-dealkylation sites (tertiary alicyclic amines) is 1. The molecule has 1 rings (SSSR count). The lowest BCUT2D eigenvalue weighted by molar-refractivity contribution is -0.0178. The van der Waals surface area contributed by atoms with Crippen molar-refractivity contribution in [1.82, 2.24) is 4.90 Å². The predicted octanol–water partition coefficient (Wildman–Crippen LogP) is 2.40. The number of nitrogens with zero attached hydrogens (tertiary/aromatic N) is 1. The first-order valence-corrected chi connectivity index (χ1v) is 6.30. The topological polar surface area (TPSA) is 49.8 Å². The van der Waals surface area contributed by atoms with Gasteiger partial charge in [0, 0.05) is 13.1 Å². The molecule has 1 aliphatic rings. The molecule has 100 valence electrons. The summed E-state index contributed by atoms with van der Waals surface area (Å²) in [5, 5.41) is 9.71. The lowest BCUT2D eigenvalue weighted by Crippen LogP contribution is -2.47. The minimum Gasteiger partial charge on any atom is -0.444 e. The zero-order valence-corrected chi connectivity index (χ0v) is 11.6. The molecule has 0 bridgehead atoms. The number of aliphatic hydroxyl groups excluding tert-OH is 1. The molecule has 17 heavy (non-hydrogen) atoms. The van der Waals surface area contributed by atoms with Gasteiger partial charge in [0.1, 0.15) is 5.60 Å². The van der Waals surface area contributed by atoms with Crippen molar-refractivity contribution in [2.45, 2.75) is 59.2 Å². The number of amides is 1. The van der Waals surface area contributed by atoms with Gasteiger partial charge in [-0.3, -0.25) is 0 Å². The normalized spacial score (nSPS) is 22.1. The highest BCUT2D eigenvalue weighted by atomic mass is 16.6. The number of piperidine rings is 1. The van der Waals surface area contributed by atoms with E-state index in [1.54, 1.807) is 4.90 Å². The smallest absolute Gasteiger partial charge is 0.410 e. The van der Waals surface area contributed by atoms with Crippen molar-refractivity contribution in [3.63, 3.8) is 0 Å². The fourth-order valence-corrected chi connectivity index (χ4v) is 1.94. The molecule has 1 heterocycles. The number of rotatable bonds is 1. The fraction of sp³-hybridized carbons (Fsp3) is 0.923. The zero-order valence-electron chi connectivity index (χ0n) is 11.6. The summed E-state index contributed by atoms with van der Waals surface area (Å²) in [6.45, 7) is 10.8. The Hall–Kier alpha value is -0.770. The van der Waals surface area contributed by atoms with Crippen LogP contribution >= 0.6 is 0 Å². The Morgan fingerprint density at radius 1 is 1.35 bits per heavy atom. The first-order chi connectivity index (χ1) is 7.64. The van der Waals surface area contributed by atoms with Crippen LogP contribution in [0.25, 0.3) is 0 Å². The summed E-state index contributed by atoms with van der Waals surface area (Å²) in [5.41, 5.74) is -0.513. The van der Waals surface area contributed by atoms with Crippen LogP contribution < -0.4 is 0 Å². The molecular formula is C13H25NO3. The van der Waals surface area contributed by atoms with E-state index < -0.39 is 5.60 Å². The summed E-state index contributed by atoms with van der Waals surface area (Å²) in [6, 6.07) is 0. The van der Waals surface area contributed by atoms with Crippen LogP contribution in [-0.2, 0) is 4.74 Å². The molecule has 1 atom stereocenters. The second-order valence-electron chi connectivity index (χ2n) is 6.30. The van der Waals surface area contributed by atoms with Gasteiger partial charge in [0.25, 0.3) is 0 Å². The average Bonchev–Trinajstić information content (AvgIpc) is 2.15. The molecule has 0 aliphatic carbocycles. The SMILES string of the molecule is CC(O)C1(C)CCN(C(=O)OC(C)(C)C)CC1. The third-order valence-electron chi connectivity index (χ3n) is 3.57. The van der Waals surface area contributed by atoms with Crippen LogP contribution in [0.1, 0.15) is 47.5 Å². The number of carbonyl (C=O) groups is 1. The Morgan fingerprint density at radius 3 is 2.18 bits per heavy atom. The molecule has 0 radical (unpaired) electrons. The van der Waals surface area contributed by atoms with Gasteiger partial charge in [-0.2, -0.15) is 0 Å². The van der Waals surface area contributed by atoms with Crippen molar-refractivity contribution in [1.29, 1.82) is 0 Å². The van der Waals surface area contributed by atoms with Gasteiger partial charge in [-0.25, -0.2) is 4.79 Å². The minimum atomic E-state index is -0.442. The van der Waals surface area contributed by atoms with Crippen molar-refractivity contribution in [3.8, 4) is 0 Å². The van der Waals surface area contributed by atoms with E-state index in [1.165, 1.54) is 0 Å². The van der Waals surface area contributed by atoms with Gasteiger partial charge in [-0.1, -0.05) is 6.92 Å². The largest absolute Gasteiger partial charge is 0.444 e. The summed E-state index contributed by atoms with van der Waals surface area (Å²) in [7, 11) is 0. The lowest BCUT2D eigenvalue weighted by atomic mass is 9.76. The summed E-state index contributed by atoms with van der Waals surface area (Å²) >= 11 is 0. The maximum absolute atomic E-state index is 11.8. The van der Waals surface area contributed by atoms with Crippen molar-refractivity contribution in [3.05, 3.63) is 0 Å². The highest BCUT2D eigenvalue weighted by molar-refractivity contribution is 5.68. The molecule has 1 N–H and O–H groups in total. The first-order valence-electron chi connectivity index (χ1n) is 6.30. The highest BCUT2D eigenvalue weighted by Crippen LogP contribution is 2.34. The molecule has 0 aromatic heterocycles. The van der Waals surface area contributed by atoms with Crippen LogP contribution in [0.3, 0.4) is 0 Å². The summed E-state index contributed by atoms with van der Waals surface area (Å²) in [6.07, 6.45) is 1.07. The van der Waals surface area contributed by atoms with Gasteiger partial charge < -0.3 is 14.7 Å². The monoisotopic (exact) mass is 243 g/mol. The molecule has 4 nitrogen and oxygen atoms in total. The molecule has 0 aromatic carbocycles. The number of hydrogen-bond acceptors (Lipinski definition) is 3. The lowest BCUT2D eigenvalue weighted by Gasteiger charge is -2.41. The van der Waals surface area contributed by atoms with E-state index in [0.717, 1.165) is 12.8 Å². The Labute approximate surface area is 104 Å². The molecule has 1 unspecified atom stereocenters. The molecule has 4 heteroatoms. The summed E-state index contributed by atoms with van der Waals surface area (Å²) < 4.78 is 5.33. The van der Waals surface area contributed by atoms with Gasteiger partial charge in [0.2, 0.25) is 0 Å². The van der Waals surface area contributed by atoms with Gasteiger partial charge in [0.05, 0.1) is 6.10 Å².